The number of nitrogens with one attached hydrogen (secondary N) is 2. The molecule has 1 aromatic carbocycles. The van der Waals surface area contributed by atoms with Crippen molar-refractivity contribution in [1.29, 1.82) is 0 Å². The highest BCUT2D eigenvalue weighted by Crippen LogP contribution is 2.17. The van der Waals surface area contributed by atoms with Crippen LogP contribution in [-0.2, 0) is 4.79 Å². The molecule has 0 heterocycles. The van der Waals surface area contributed by atoms with Gasteiger partial charge in [-0.05, 0) is 38.0 Å². The van der Waals surface area contributed by atoms with E-state index in [1.54, 1.807) is 0 Å². The predicted molar refractivity (Wildman–Crippen MR) is 75.8 cm³/mol. The van der Waals surface area contributed by atoms with Crippen molar-refractivity contribution >= 4 is 17.5 Å². The molecule has 2 atom stereocenters. The lowest BCUT2D eigenvalue weighted by atomic mass is 10.1. The molecular weight excluding hydrogens is 248 g/mol. The molecule has 1 rings (SSSR count). The van der Waals surface area contributed by atoms with Crippen molar-refractivity contribution < 1.29 is 4.79 Å². The molecule has 0 aliphatic heterocycles. The normalized spacial score (nSPS) is 14.0. The van der Waals surface area contributed by atoms with Crippen LogP contribution in [0.25, 0.3) is 0 Å². The Morgan fingerprint density at radius 3 is 2.72 bits per heavy atom. The third kappa shape index (κ3) is 4.67. The molecule has 100 valence electrons. The van der Waals surface area contributed by atoms with Gasteiger partial charge in [0.15, 0.2) is 0 Å². The quantitative estimate of drug-likeness (QED) is 0.833. The van der Waals surface area contributed by atoms with Crippen molar-refractivity contribution in [3.63, 3.8) is 0 Å². The average molecular weight is 269 g/mol. The molecule has 0 radical (unpaired) electrons. The number of benzene rings is 1. The molecule has 4 heteroatoms. The van der Waals surface area contributed by atoms with Gasteiger partial charge >= 0.3 is 0 Å². The second kappa shape index (κ2) is 7.39. The summed E-state index contributed by atoms with van der Waals surface area (Å²) in [5.74, 6) is 0.0331. The lowest BCUT2D eigenvalue weighted by Crippen LogP contribution is -2.43. The number of hydrogen-bond donors (Lipinski definition) is 2. The van der Waals surface area contributed by atoms with Crippen LogP contribution >= 0.6 is 11.6 Å². The van der Waals surface area contributed by atoms with E-state index in [1.807, 2.05) is 45.0 Å². The van der Waals surface area contributed by atoms with E-state index in [1.165, 1.54) is 0 Å². The summed E-state index contributed by atoms with van der Waals surface area (Å²) in [7, 11) is 0. The maximum absolute atomic E-state index is 11.7. The molecule has 0 bridgehead atoms. The molecule has 2 N–H and O–H groups in total. The van der Waals surface area contributed by atoms with Crippen LogP contribution in [0.3, 0.4) is 0 Å². The highest BCUT2D eigenvalue weighted by molar-refractivity contribution is 6.30. The van der Waals surface area contributed by atoms with Gasteiger partial charge in [-0.1, -0.05) is 30.7 Å². The minimum absolute atomic E-state index is 0.0331. The van der Waals surface area contributed by atoms with E-state index in [2.05, 4.69) is 10.6 Å². The maximum Gasteiger partial charge on any atom is 0.236 e. The summed E-state index contributed by atoms with van der Waals surface area (Å²) in [6.07, 6.45) is 0.947. The van der Waals surface area contributed by atoms with E-state index in [0.29, 0.717) is 5.02 Å². The molecule has 0 aliphatic carbocycles. The number of carbonyl (C=O) groups is 1. The van der Waals surface area contributed by atoms with Crippen LogP contribution in [0.4, 0.5) is 0 Å². The Kier molecular flexibility index (Phi) is 6.16. The fourth-order valence-corrected chi connectivity index (χ4v) is 1.92. The van der Waals surface area contributed by atoms with Crippen LogP contribution in [0.5, 0.6) is 0 Å². The Hall–Kier alpha value is -1.06. The van der Waals surface area contributed by atoms with E-state index in [9.17, 15) is 4.79 Å². The molecular formula is C14H21ClN2O. The monoisotopic (exact) mass is 268 g/mol. The average Bonchev–Trinajstić information content (AvgIpc) is 2.35. The van der Waals surface area contributed by atoms with Crippen molar-refractivity contribution in [2.75, 3.05) is 6.54 Å². The zero-order valence-electron chi connectivity index (χ0n) is 11.2. The number of rotatable bonds is 6. The zero-order valence-corrected chi connectivity index (χ0v) is 11.9. The Bertz CT molecular complexity index is 395. The fourth-order valence-electron chi connectivity index (χ4n) is 1.72. The van der Waals surface area contributed by atoms with Crippen LogP contribution in [0, 0.1) is 0 Å². The van der Waals surface area contributed by atoms with E-state index in [-0.39, 0.29) is 18.0 Å². The molecule has 0 aromatic heterocycles. The summed E-state index contributed by atoms with van der Waals surface area (Å²) < 4.78 is 0. The summed E-state index contributed by atoms with van der Waals surface area (Å²) in [4.78, 5) is 11.7. The van der Waals surface area contributed by atoms with Gasteiger partial charge in [0.05, 0.1) is 6.04 Å². The fraction of sp³-hybridized carbons (Fsp3) is 0.500. The van der Waals surface area contributed by atoms with E-state index in [0.717, 1.165) is 18.5 Å². The first-order chi connectivity index (χ1) is 8.54. The lowest BCUT2D eigenvalue weighted by Gasteiger charge is -2.20. The van der Waals surface area contributed by atoms with E-state index < -0.39 is 0 Å². The maximum atomic E-state index is 11.7. The first-order valence-electron chi connectivity index (χ1n) is 6.33. The first kappa shape index (κ1) is 15.0. The van der Waals surface area contributed by atoms with Crippen LogP contribution in [-0.4, -0.2) is 18.5 Å². The Morgan fingerprint density at radius 1 is 1.39 bits per heavy atom. The van der Waals surface area contributed by atoms with Crippen molar-refractivity contribution in [2.45, 2.75) is 39.3 Å². The zero-order chi connectivity index (χ0) is 13.5. The number of hydrogen-bond acceptors (Lipinski definition) is 2. The van der Waals surface area contributed by atoms with Crippen LogP contribution in [0.15, 0.2) is 24.3 Å². The minimum Gasteiger partial charge on any atom is -0.355 e. The second-order valence-corrected chi connectivity index (χ2v) is 4.89. The molecule has 1 amide bonds. The van der Waals surface area contributed by atoms with Gasteiger partial charge < -0.3 is 5.32 Å². The van der Waals surface area contributed by atoms with Crippen LogP contribution < -0.4 is 10.6 Å². The molecule has 3 nitrogen and oxygen atoms in total. The molecule has 18 heavy (non-hydrogen) atoms. The van der Waals surface area contributed by atoms with Crippen LogP contribution in [0.2, 0.25) is 5.02 Å². The molecule has 0 spiro atoms. The van der Waals surface area contributed by atoms with Gasteiger partial charge in [0, 0.05) is 17.6 Å². The smallest absolute Gasteiger partial charge is 0.236 e. The van der Waals surface area contributed by atoms with E-state index >= 15 is 0 Å². The summed E-state index contributed by atoms with van der Waals surface area (Å²) in [6.45, 7) is 6.64. The van der Waals surface area contributed by atoms with Gasteiger partial charge in [-0.2, -0.15) is 0 Å². The van der Waals surface area contributed by atoms with Crippen molar-refractivity contribution in [3.8, 4) is 0 Å². The van der Waals surface area contributed by atoms with Crippen molar-refractivity contribution in [2.24, 2.45) is 0 Å². The van der Waals surface area contributed by atoms with Gasteiger partial charge in [-0.15, -0.1) is 0 Å². The Balaban J connectivity index is 2.53. The van der Waals surface area contributed by atoms with Crippen molar-refractivity contribution in [1.82, 2.24) is 10.6 Å². The van der Waals surface area contributed by atoms with Gasteiger partial charge in [-0.3, -0.25) is 10.1 Å². The highest BCUT2D eigenvalue weighted by atomic mass is 35.5. The number of halogens is 1. The number of carbonyl (C=O) groups excluding carboxylic acids is 1. The SMILES string of the molecule is CCCNC(=O)C(C)NC(C)c1cccc(Cl)c1. The summed E-state index contributed by atoms with van der Waals surface area (Å²) in [6, 6.07) is 7.54. The minimum atomic E-state index is -0.217. The standard InChI is InChI=1S/C14H21ClN2O/c1-4-8-16-14(18)11(3)17-10(2)12-6-5-7-13(15)9-12/h5-7,9-11,17H,4,8H2,1-3H3,(H,16,18). The Labute approximate surface area is 114 Å². The lowest BCUT2D eigenvalue weighted by molar-refractivity contribution is -0.122. The largest absolute Gasteiger partial charge is 0.355 e. The third-order valence-electron chi connectivity index (χ3n) is 2.79. The van der Waals surface area contributed by atoms with Crippen molar-refractivity contribution in [3.05, 3.63) is 34.9 Å². The van der Waals surface area contributed by atoms with Gasteiger partial charge in [0.25, 0.3) is 0 Å². The molecule has 0 aliphatic rings. The van der Waals surface area contributed by atoms with Gasteiger partial charge in [0.1, 0.15) is 0 Å². The first-order valence-corrected chi connectivity index (χ1v) is 6.71. The predicted octanol–water partition coefficient (Wildman–Crippen LogP) is 2.91. The molecule has 1 aromatic rings. The molecule has 0 saturated carbocycles. The van der Waals surface area contributed by atoms with Gasteiger partial charge in [0.2, 0.25) is 5.91 Å². The number of amides is 1. The third-order valence-corrected chi connectivity index (χ3v) is 3.03. The molecule has 0 fully saturated rings. The van der Waals surface area contributed by atoms with Gasteiger partial charge in [-0.25, -0.2) is 0 Å². The van der Waals surface area contributed by atoms with E-state index in [4.69, 9.17) is 11.6 Å². The second-order valence-electron chi connectivity index (χ2n) is 4.46. The molecule has 0 saturated heterocycles. The topological polar surface area (TPSA) is 41.1 Å². The molecule has 2 unspecified atom stereocenters. The summed E-state index contributed by atoms with van der Waals surface area (Å²) in [5.41, 5.74) is 1.08. The Morgan fingerprint density at radius 2 is 2.11 bits per heavy atom. The summed E-state index contributed by atoms with van der Waals surface area (Å²) >= 11 is 5.95. The highest BCUT2D eigenvalue weighted by Gasteiger charge is 2.15. The van der Waals surface area contributed by atoms with Crippen LogP contribution in [0.1, 0.15) is 38.8 Å². The summed E-state index contributed by atoms with van der Waals surface area (Å²) in [5, 5.41) is 6.85.